The Bertz CT molecular complexity index is 467. The molecule has 2 rings (SSSR count). The molecule has 3 heteroatoms. The van der Waals surface area contributed by atoms with E-state index in [4.69, 9.17) is 0 Å². The summed E-state index contributed by atoms with van der Waals surface area (Å²) in [6.07, 6.45) is 5.12. The number of hydrogen-bond acceptors (Lipinski definition) is 3. The zero-order valence-electron chi connectivity index (χ0n) is 10.7. The maximum atomic E-state index is 10.0. The van der Waals surface area contributed by atoms with Gasteiger partial charge >= 0.3 is 0 Å². The van der Waals surface area contributed by atoms with Gasteiger partial charge < -0.3 is 5.11 Å². The molecule has 0 aliphatic rings. The molecule has 1 N–H and O–H groups in total. The Morgan fingerprint density at radius 2 is 2.22 bits per heavy atom. The van der Waals surface area contributed by atoms with Gasteiger partial charge in [-0.1, -0.05) is 12.1 Å². The third-order valence-corrected chi connectivity index (χ3v) is 4.02. The van der Waals surface area contributed by atoms with Gasteiger partial charge in [-0.15, -0.1) is 11.3 Å². The van der Waals surface area contributed by atoms with Crippen LogP contribution in [0.25, 0.3) is 0 Å². The molecule has 0 saturated carbocycles. The molecule has 0 amide bonds. The zero-order chi connectivity index (χ0) is 12.8. The van der Waals surface area contributed by atoms with Gasteiger partial charge in [0.05, 0.1) is 6.10 Å². The van der Waals surface area contributed by atoms with E-state index in [2.05, 4.69) is 22.5 Å². The fourth-order valence-corrected chi connectivity index (χ4v) is 2.78. The quantitative estimate of drug-likeness (QED) is 0.864. The molecule has 0 aliphatic carbocycles. The van der Waals surface area contributed by atoms with Gasteiger partial charge in [-0.2, -0.15) is 0 Å². The lowest BCUT2D eigenvalue weighted by Crippen LogP contribution is -2.12. The fraction of sp³-hybridized carbons (Fsp3) is 0.400. The second kappa shape index (κ2) is 6.66. The molecule has 2 aromatic rings. The first-order valence-corrected chi connectivity index (χ1v) is 7.24. The Morgan fingerprint density at radius 3 is 2.94 bits per heavy atom. The van der Waals surface area contributed by atoms with Crippen molar-refractivity contribution in [2.45, 2.75) is 38.7 Å². The van der Waals surface area contributed by atoms with Crippen LogP contribution in [-0.4, -0.2) is 16.2 Å². The first-order chi connectivity index (χ1) is 8.75. The van der Waals surface area contributed by atoms with E-state index in [1.54, 1.807) is 17.5 Å². The molecule has 0 bridgehead atoms. The number of thiophene rings is 1. The Morgan fingerprint density at radius 1 is 1.33 bits per heavy atom. The molecule has 1 atom stereocenters. The van der Waals surface area contributed by atoms with Crippen LogP contribution in [0.4, 0.5) is 0 Å². The molecule has 2 nitrogen and oxygen atoms in total. The molecule has 2 aromatic heterocycles. The molecule has 96 valence electrons. The summed E-state index contributed by atoms with van der Waals surface area (Å²) in [6, 6.07) is 8.20. The minimum absolute atomic E-state index is 0.279. The summed E-state index contributed by atoms with van der Waals surface area (Å²) in [4.78, 5) is 5.72. The zero-order valence-corrected chi connectivity index (χ0v) is 11.5. The Balaban J connectivity index is 1.75. The van der Waals surface area contributed by atoms with Crippen LogP contribution in [0.15, 0.2) is 35.8 Å². The molecule has 0 saturated heterocycles. The highest BCUT2D eigenvalue weighted by molar-refractivity contribution is 7.09. The average molecular weight is 261 g/mol. The van der Waals surface area contributed by atoms with E-state index in [0.29, 0.717) is 6.42 Å². The Kier molecular flexibility index (Phi) is 4.90. The summed E-state index contributed by atoms with van der Waals surface area (Å²) in [7, 11) is 0. The van der Waals surface area contributed by atoms with Crippen LogP contribution < -0.4 is 0 Å². The first-order valence-electron chi connectivity index (χ1n) is 6.36. The summed E-state index contributed by atoms with van der Waals surface area (Å²) < 4.78 is 0. The third-order valence-electron chi connectivity index (χ3n) is 3.09. The van der Waals surface area contributed by atoms with E-state index in [-0.39, 0.29) is 6.10 Å². The van der Waals surface area contributed by atoms with Crippen molar-refractivity contribution < 1.29 is 5.11 Å². The maximum Gasteiger partial charge on any atom is 0.0595 e. The number of aliphatic hydroxyl groups excluding tert-OH is 1. The minimum atomic E-state index is -0.279. The van der Waals surface area contributed by atoms with E-state index in [1.807, 2.05) is 19.1 Å². The van der Waals surface area contributed by atoms with Gasteiger partial charge in [0.25, 0.3) is 0 Å². The molecule has 0 fully saturated rings. The monoisotopic (exact) mass is 261 g/mol. The second-order valence-electron chi connectivity index (χ2n) is 4.60. The molecular weight excluding hydrogens is 242 g/mol. The van der Waals surface area contributed by atoms with Gasteiger partial charge in [0, 0.05) is 23.2 Å². The van der Waals surface area contributed by atoms with Gasteiger partial charge in [0.2, 0.25) is 0 Å². The van der Waals surface area contributed by atoms with Crippen molar-refractivity contribution in [3.63, 3.8) is 0 Å². The third kappa shape index (κ3) is 3.93. The van der Waals surface area contributed by atoms with E-state index in [0.717, 1.165) is 30.5 Å². The number of aliphatic hydroxyl groups is 1. The molecule has 0 radical (unpaired) electrons. The van der Waals surface area contributed by atoms with Crippen LogP contribution in [0.5, 0.6) is 0 Å². The average Bonchev–Trinajstić information content (AvgIpc) is 2.85. The number of aryl methyl sites for hydroxylation is 2. The maximum absolute atomic E-state index is 10.0. The molecule has 2 heterocycles. The van der Waals surface area contributed by atoms with Crippen LogP contribution in [-0.2, 0) is 12.8 Å². The summed E-state index contributed by atoms with van der Waals surface area (Å²) in [5, 5.41) is 12.1. The summed E-state index contributed by atoms with van der Waals surface area (Å²) >= 11 is 1.79. The Labute approximate surface area is 112 Å². The van der Waals surface area contributed by atoms with Crippen molar-refractivity contribution in [2.24, 2.45) is 0 Å². The largest absolute Gasteiger partial charge is 0.393 e. The number of nitrogens with zero attached hydrogens (tertiary/aromatic N) is 1. The molecule has 1 unspecified atom stereocenters. The number of pyridine rings is 1. The van der Waals surface area contributed by atoms with Gasteiger partial charge in [0.1, 0.15) is 0 Å². The summed E-state index contributed by atoms with van der Waals surface area (Å²) in [5.41, 5.74) is 2.18. The van der Waals surface area contributed by atoms with E-state index < -0.39 is 0 Å². The lowest BCUT2D eigenvalue weighted by Gasteiger charge is -2.11. The molecule has 0 spiro atoms. The van der Waals surface area contributed by atoms with E-state index >= 15 is 0 Å². The normalized spacial score (nSPS) is 12.6. The van der Waals surface area contributed by atoms with Crippen LogP contribution in [0, 0.1) is 6.92 Å². The number of rotatable bonds is 6. The van der Waals surface area contributed by atoms with Crippen LogP contribution >= 0.6 is 11.3 Å². The van der Waals surface area contributed by atoms with Crippen LogP contribution in [0.3, 0.4) is 0 Å². The lowest BCUT2D eigenvalue weighted by molar-refractivity contribution is 0.161. The number of hydrogen-bond donors (Lipinski definition) is 1. The second-order valence-corrected chi connectivity index (χ2v) is 5.63. The van der Waals surface area contributed by atoms with Crippen molar-refractivity contribution in [3.8, 4) is 0 Å². The molecule has 0 aliphatic heterocycles. The van der Waals surface area contributed by atoms with E-state index in [9.17, 15) is 5.11 Å². The van der Waals surface area contributed by atoms with Crippen molar-refractivity contribution in [3.05, 3.63) is 52.0 Å². The standard InChI is InChI=1S/C15H19NOS/c1-12-5-3-9-16-15(12)11-13(17)6-2-7-14-8-4-10-18-14/h3-5,8-10,13,17H,2,6-7,11H2,1H3. The predicted octanol–water partition coefficient (Wildman–Crippen LogP) is 3.38. The Hall–Kier alpha value is -1.19. The van der Waals surface area contributed by atoms with Crippen LogP contribution in [0.2, 0.25) is 0 Å². The predicted molar refractivity (Wildman–Crippen MR) is 75.9 cm³/mol. The SMILES string of the molecule is Cc1cccnc1CC(O)CCCc1cccs1. The highest BCUT2D eigenvalue weighted by Crippen LogP contribution is 2.14. The molecule has 0 aromatic carbocycles. The van der Waals surface area contributed by atoms with E-state index in [1.165, 1.54) is 4.88 Å². The van der Waals surface area contributed by atoms with Gasteiger partial charge in [0.15, 0.2) is 0 Å². The number of aromatic nitrogens is 1. The van der Waals surface area contributed by atoms with Gasteiger partial charge in [-0.3, -0.25) is 4.98 Å². The van der Waals surface area contributed by atoms with Crippen molar-refractivity contribution >= 4 is 11.3 Å². The molecular formula is C15H19NOS. The van der Waals surface area contributed by atoms with Crippen LogP contribution in [0.1, 0.15) is 29.0 Å². The van der Waals surface area contributed by atoms with Crippen molar-refractivity contribution in [2.75, 3.05) is 0 Å². The topological polar surface area (TPSA) is 33.1 Å². The van der Waals surface area contributed by atoms with Gasteiger partial charge in [-0.05, 0) is 49.3 Å². The minimum Gasteiger partial charge on any atom is -0.393 e. The summed E-state index contributed by atoms with van der Waals surface area (Å²) in [5.74, 6) is 0. The fourth-order valence-electron chi connectivity index (χ4n) is 2.02. The van der Waals surface area contributed by atoms with Crippen molar-refractivity contribution in [1.29, 1.82) is 0 Å². The van der Waals surface area contributed by atoms with Crippen molar-refractivity contribution in [1.82, 2.24) is 4.98 Å². The smallest absolute Gasteiger partial charge is 0.0595 e. The summed E-state index contributed by atoms with van der Waals surface area (Å²) in [6.45, 7) is 2.04. The lowest BCUT2D eigenvalue weighted by atomic mass is 10.0. The molecule has 18 heavy (non-hydrogen) atoms. The first kappa shape index (κ1) is 13.2. The highest BCUT2D eigenvalue weighted by Gasteiger charge is 2.08. The van der Waals surface area contributed by atoms with Gasteiger partial charge in [-0.25, -0.2) is 0 Å². The highest BCUT2D eigenvalue weighted by atomic mass is 32.1.